The Kier molecular flexibility index (Phi) is 52.0. The van der Waals surface area contributed by atoms with Crippen LogP contribution in [0.4, 0.5) is 0 Å². The van der Waals surface area contributed by atoms with E-state index in [2.05, 4.69) is 53.3 Å². The van der Waals surface area contributed by atoms with Crippen LogP contribution in [-0.4, -0.2) is 234 Å². The number of nitrogens with zero attached hydrogens (tertiary/aromatic N) is 4. The van der Waals surface area contributed by atoms with Crippen LogP contribution in [0.5, 0.6) is 0 Å². The monoisotopic (exact) mass is 1380 g/mol. The average molecular weight is 1380 g/mol. The molecule has 4 saturated heterocycles. The molecule has 4 aliphatic heterocycles. The highest BCUT2D eigenvalue weighted by molar-refractivity contribution is 6.73. The number of hydrogen-bond acceptors (Lipinski definition) is 19. The fraction of sp³-hybridized carbons (Fsp3) is 0.958. The van der Waals surface area contributed by atoms with Gasteiger partial charge in [-0.2, -0.15) is 0 Å². The number of hydroxylamine groups is 2. The van der Waals surface area contributed by atoms with Crippen LogP contribution >= 0.6 is 0 Å². The van der Waals surface area contributed by atoms with E-state index in [4.69, 9.17) is 62.4 Å². The summed E-state index contributed by atoms with van der Waals surface area (Å²) in [5, 5.41) is 18.3. The molecule has 0 bridgehead atoms. The molecular formula is C72H144N4O16Si2. The van der Waals surface area contributed by atoms with Gasteiger partial charge in [-0.25, -0.2) is 4.79 Å². The lowest BCUT2D eigenvalue weighted by atomic mass is 10.0. The van der Waals surface area contributed by atoms with Gasteiger partial charge in [0.05, 0.1) is 46.1 Å². The van der Waals surface area contributed by atoms with Crippen LogP contribution in [0.3, 0.4) is 0 Å². The number of carbonyl (C=O) groups excluding carboxylic acids is 3. The van der Waals surface area contributed by atoms with E-state index in [9.17, 15) is 14.4 Å². The lowest BCUT2D eigenvalue weighted by Gasteiger charge is -2.45. The molecule has 22 heteroatoms. The third-order valence-electron chi connectivity index (χ3n) is 18.7. The largest absolute Gasteiger partial charge is 0.396 e. The molecule has 0 radical (unpaired) electrons. The van der Waals surface area contributed by atoms with Crippen LogP contribution < -0.4 is 0 Å². The normalized spacial score (nSPS) is 17.9. The maximum atomic E-state index is 12.2. The minimum absolute atomic E-state index is 0.0992. The van der Waals surface area contributed by atoms with Gasteiger partial charge in [-0.05, 0) is 103 Å². The number of imide groups is 1. The van der Waals surface area contributed by atoms with Gasteiger partial charge in [0.15, 0.2) is 17.4 Å². The molecule has 0 aromatic heterocycles. The van der Waals surface area contributed by atoms with Crippen LogP contribution in [0.15, 0.2) is 0 Å². The molecule has 556 valence electrons. The topological polar surface area (TPSA) is 206 Å². The first-order valence-corrected chi connectivity index (χ1v) is 44.6. The van der Waals surface area contributed by atoms with Gasteiger partial charge in [0.1, 0.15) is 16.5 Å². The van der Waals surface area contributed by atoms with E-state index in [1.165, 1.54) is 77.0 Å². The zero-order valence-corrected chi connectivity index (χ0v) is 64.0. The summed E-state index contributed by atoms with van der Waals surface area (Å²) in [5.74, 6) is -2.78. The van der Waals surface area contributed by atoms with Crippen molar-refractivity contribution in [2.45, 2.75) is 294 Å². The summed E-state index contributed by atoms with van der Waals surface area (Å²) in [6, 6.07) is 0. The zero-order chi connectivity index (χ0) is 68.9. The second-order valence-corrected chi connectivity index (χ2v) is 38.5. The van der Waals surface area contributed by atoms with Gasteiger partial charge in [0.2, 0.25) is 0 Å². The summed E-state index contributed by atoms with van der Waals surface area (Å²) >= 11 is 0. The highest BCUT2D eigenvalue weighted by Crippen LogP contribution is 2.34. The van der Waals surface area contributed by atoms with Crippen molar-refractivity contribution in [3.05, 3.63) is 0 Å². The van der Waals surface area contributed by atoms with Crippen molar-refractivity contribution in [2.75, 3.05) is 154 Å². The van der Waals surface area contributed by atoms with Gasteiger partial charge < -0.3 is 76.5 Å². The van der Waals surface area contributed by atoms with Gasteiger partial charge in [-0.3, -0.25) is 9.59 Å². The van der Waals surface area contributed by atoms with E-state index in [1.807, 2.05) is 0 Å². The minimum Gasteiger partial charge on any atom is -0.396 e. The molecule has 2 N–H and O–H groups in total. The molecule has 4 heterocycles. The van der Waals surface area contributed by atoms with E-state index < -0.39 is 45.8 Å². The summed E-state index contributed by atoms with van der Waals surface area (Å²) in [6.07, 6.45) is 37.3. The number of rotatable bonds is 56. The van der Waals surface area contributed by atoms with E-state index in [1.54, 1.807) is 28.4 Å². The SMILES string of the molecule is COCCCCCCCOC1(OCCCCCCCOC)CCN(CCC(=O)ON2C(=O)CCC2=O)CC1.COCCCCCCCOC1(OCCCCCCCOC)CCN([Si](C)(C)C)CC1.C[Si](C)(C)N1CCC(OCCCCCCO)(OCCCCCCO)CC1. The maximum Gasteiger partial charge on any atom is 0.334 e. The van der Waals surface area contributed by atoms with Gasteiger partial charge in [0, 0.05) is 139 Å². The molecule has 2 amide bonds. The number of aliphatic hydroxyl groups excluding tert-OH is 2. The molecule has 0 aromatic rings. The molecule has 4 fully saturated rings. The predicted molar refractivity (Wildman–Crippen MR) is 381 cm³/mol. The van der Waals surface area contributed by atoms with Gasteiger partial charge in [-0.15, -0.1) is 5.06 Å². The van der Waals surface area contributed by atoms with Crippen molar-refractivity contribution < 1.29 is 76.8 Å². The Morgan fingerprint density at radius 2 is 0.596 bits per heavy atom. The molecule has 0 saturated carbocycles. The Balaban J connectivity index is 0.000000490. The Morgan fingerprint density at radius 1 is 0.362 bits per heavy atom. The van der Waals surface area contributed by atoms with Crippen molar-refractivity contribution in [2.24, 2.45) is 0 Å². The molecule has 94 heavy (non-hydrogen) atoms. The van der Waals surface area contributed by atoms with Crippen molar-refractivity contribution in [3.63, 3.8) is 0 Å². The van der Waals surface area contributed by atoms with Crippen molar-refractivity contribution in [3.8, 4) is 0 Å². The Hall–Kier alpha value is -1.56. The minimum atomic E-state index is -1.25. The van der Waals surface area contributed by atoms with E-state index in [-0.39, 0.29) is 38.3 Å². The van der Waals surface area contributed by atoms with Crippen LogP contribution in [0.25, 0.3) is 0 Å². The van der Waals surface area contributed by atoms with Gasteiger partial charge in [-0.1, -0.05) is 142 Å². The van der Waals surface area contributed by atoms with Crippen molar-refractivity contribution >= 4 is 34.3 Å². The van der Waals surface area contributed by atoms with Crippen LogP contribution in [0, 0.1) is 0 Å². The summed E-state index contributed by atoms with van der Waals surface area (Å²) in [4.78, 5) is 42.6. The molecule has 0 spiro atoms. The van der Waals surface area contributed by atoms with Crippen molar-refractivity contribution in [1.29, 1.82) is 0 Å². The Bertz CT molecular complexity index is 1730. The fourth-order valence-corrected chi connectivity index (χ4v) is 15.5. The number of unbranched alkanes of at least 4 members (excludes halogenated alkanes) is 22. The summed E-state index contributed by atoms with van der Waals surface area (Å²) < 4.78 is 64.1. The lowest BCUT2D eigenvalue weighted by molar-refractivity contribution is -0.258. The first-order chi connectivity index (χ1) is 45.4. The quantitative estimate of drug-likeness (QED) is 0.0251. The van der Waals surface area contributed by atoms with E-state index in [0.29, 0.717) is 24.8 Å². The molecule has 0 aromatic carbocycles. The first kappa shape index (κ1) is 88.5. The number of ether oxygens (including phenoxy) is 10. The van der Waals surface area contributed by atoms with Gasteiger partial charge in [0.25, 0.3) is 11.8 Å². The lowest BCUT2D eigenvalue weighted by Crippen LogP contribution is -2.55. The van der Waals surface area contributed by atoms with E-state index >= 15 is 0 Å². The second-order valence-electron chi connectivity index (χ2n) is 28.6. The first-order valence-electron chi connectivity index (χ1n) is 37.7. The Labute approximate surface area is 575 Å². The Morgan fingerprint density at radius 3 is 0.840 bits per heavy atom. The summed E-state index contributed by atoms with van der Waals surface area (Å²) in [6.45, 7) is 29.4. The number of carbonyl (C=O) groups is 3. The van der Waals surface area contributed by atoms with Gasteiger partial charge >= 0.3 is 5.97 Å². The molecule has 0 aliphatic carbocycles. The highest BCUT2D eigenvalue weighted by Gasteiger charge is 2.42. The fourth-order valence-electron chi connectivity index (χ4n) is 12.4. The van der Waals surface area contributed by atoms with E-state index in [0.717, 1.165) is 233 Å². The standard InChI is InChI=1S/C28H50N2O8.C24H51NO4Si.C20H43NO4Si/c1-34-21-9-5-3-7-11-23-36-28(37-24-12-8-4-6-10-22-35-2)16-19-29(20-17-28)18-15-27(33)38-30-25(31)13-14-26(30)32;1-26-20-12-8-6-10-14-22-28-24(16-18-25(19-17-24)30(3,4)5)29-23-15-11-7-9-13-21-27-2;1-26(2,3)21-14-12-20(13-15-21,24-18-10-6-4-8-16-22)25-19-11-7-5-9-17-23/h3-24H2,1-2H3;6-23H2,1-5H3;22-23H,4-19H2,1-3H3. The number of aliphatic hydroxyl groups is 2. The van der Waals surface area contributed by atoms with Crippen LogP contribution in [0.1, 0.15) is 238 Å². The molecular weight excluding hydrogens is 1230 g/mol. The second kappa shape index (κ2) is 55.2. The predicted octanol–water partition coefficient (Wildman–Crippen LogP) is 13.6. The zero-order valence-electron chi connectivity index (χ0n) is 62.0. The number of methoxy groups -OCH3 is 4. The number of amides is 2. The number of hydrogen-bond donors (Lipinski definition) is 2. The average Bonchev–Trinajstić information content (AvgIpc) is 1.13. The van der Waals surface area contributed by atoms with Crippen molar-refractivity contribution in [1.82, 2.24) is 19.1 Å². The maximum absolute atomic E-state index is 12.2. The third-order valence-corrected chi connectivity index (χ3v) is 23.4. The third kappa shape index (κ3) is 42.5. The van der Waals surface area contributed by atoms with Crippen LogP contribution in [0.2, 0.25) is 39.3 Å². The number of likely N-dealkylation sites (tertiary alicyclic amines) is 1. The molecule has 4 rings (SSSR count). The summed E-state index contributed by atoms with van der Waals surface area (Å²) in [5.41, 5.74) is 0. The molecule has 0 unspecified atom stereocenters. The number of piperidine rings is 3. The molecule has 0 atom stereocenters. The highest BCUT2D eigenvalue weighted by atomic mass is 28.3. The summed E-state index contributed by atoms with van der Waals surface area (Å²) in [7, 11) is 4.55. The smallest absolute Gasteiger partial charge is 0.334 e. The van der Waals surface area contributed by atoms with Crippen LogP contribution in [-0.2, 0) is 66.6 Å². The molecule has 20 nitrogen and oxygen atoms in total. The molecule has 4 aliphatic rings.